The number of aliphatic carboxylic acids is 1. The van der Waals surface area contributed by atoms with Gasteiger partial charge in [-0.3, -0.25) is 4.79 Å². The van der Waals surface area contributed by atoms with Gasteiger partial charge < -0.3 is 5.11 Å². The molecule has 0 radical (unpaired) electrons. The molecule has 1 aromatic carbocycles. The lowest BCUT2D eigenvalue weighted by molar-refractivity contribution is -0.147. The molecule has 2 rings (SSSR count). The number of hydrogen-bond donors (Lipinski definition) is 2. The van der Waals surface area contributed by atoms with E-state index in [0.717, 1.165) is 5.56 Å². The second-order valence-electron chi connectivity index (χ2n) is 4.88. The molecule has 8 heteroatoms. The molecule has 0 aliphatic heterocycles. The van der Waals surface area contributed by atoms with Crippen molar-refractivity contribution in [2.45, 2.75) is 36.6 Å². The molecule has 1 aliphatic carbocycles. The molecule has 1 fully saturated rings. The Morgan fingerprint density at radius 2 is 1.90 bits per heavy atom. The first-order chi connectivity index (χ1) is 9.18. The first-order valence-electron chi connectivity index (χ1n) is 5.91. The minimum atomic E-state index is -3.90. The van der Waals surface area contributed by atoms with Crippen LogP contribution in [0.4, 0.5) is 0 Å². The molecule has 1 saturated carbocycles. The highest BCUT2D eigenvalue weighted by Crippen LogP contribution is 2.35. The molecule has 2 N–H and O–H groups in total. The molecule has 0 spiro atoms. The lowest BCUT2D eigenvalue weighted by Crippen LogP contribution is -2.58. The van der Waals surface area contributed by atoms with Gasteiger partial charge in [-0.05, 0) is 59.8 Å². The Morgan fingerprint density at radius 3 is 2.35 bits per heavy atom. The minimum Gasteiger partial charge on any atom is -0.480 e. The van der Waals surface area contributed by atoms with E-state index < -0.39 is 21.5 Å². The van der Waals surface area contributed by atoms with Gasteiger partial charge in [0.1, 0.15) is 5.54 Å². The summed E-state index contributed by atoms with van der Waals surface area (Å²) in [4.78, 5) is 11.3. The van der Waals surface area contributed by atoms with Crippen LogP contribution in [-0.4, -0.2) is 25.0 Å². The van der Waals surface area contributed by atoms with Gasteiger partial charge in [-0.25, -0.2) is 8.42 Å². The van der Waals surface area contributed by atoms with Crippen LogP contribution in [-0.2, 0) is 14.8 Å². The molecule has 20 heavy (non-hydrogen) atoms. The van der Waals surface area contributed by atoms with Crippen LogP contribution in [0.2, 0.25) is 0 Å². The van der Waals surface area contributed by atoms with Crippen LogP contribution >= 0.6 is 31.9 Å². The number of aryl methyl sites for hydroxylation is 1. The molecule has 0 amide bonds. The average molecular weight is 427 g/mol. The van der Waals surface area contributed by atoms with Gasteiger partial charge in [0.05, 0.1) is 4.90 Å². The summed E-state index contributed by atoms with van der Waals surface area (Å²) in [6.07, 6.45) is 1.33. The number of carboxylic acid groups (broad SMARTS) is 1. The van der Waals surface area contributed by atoms with E-state index in [1.807, 2.05) is 6.92 Å². The minimum absolute atomic E-state index is 0.0301. The molecule has 0 saturated heterocycles. The number of sulfonamides is 1. The monoisotopic (exact) mass is 425 g/mol. The van der Waals surface area contributed by atoms with Crippen LogP contribution < -0.4 is 4.72 Å². The summed E-state index contributed by atoms with van der Waals surface area (Å²) < 4.78 is 28.2. The van der Waals surface area contributed by atoms with E-state index >= 15 is 0 Å². The summed E-state index contributed by atoms with van der Waals surface area (Å²) in [5.41, 5.74) is -0.484. The molecule has 1 aromatic rings. The largest absolute Gasteiger partial charge is 0.480 e. The van der Waals surface area contributed by atoms with Crippen molar-refractivity contribution in [3.8, 4) is 0 Å². The summed E-state index contributed by atoms with van der Waals surface area (Å²) in [6.45, 7) is 1.84. The average Bonchev–Trinajstić information content (AvgIpc) is 2.28. The first-order valence-corrected chi connectivity index (χ1v) is 8.98. The van der Waals surface area contributed by atoms with E-state index in [4.69, 9.17) is 0 Å². The summed E-state index contributed by atoms with van der Waals surface area (Å²) in [5.74, 6) is -1.13. The Bertz CT molecular complexity index is 668. The van der Waals surface area contributed by atoms with Gasteiger partial charge in [0.2, 0.25) is 10.0 Å². The van der Waals surface area contributed by atoms with Gasteiger partial charge in [0.15, 0.2) is 0 Å². The zero-order valence-electron chi connectivity index (χ0n) is 10.6. The number of rotatable bonds is 4. The Morgan fingerprint density at radius 1 is 1.30 bits per heavy atom. The van der Waals surface area contributed by atoms with Crippen LogP contribution in [0, 0.1) is 6.92 Å². The summed E-state index contributed by atoms with van der Waals surface area (Å²) in [7, 11) is -3.90. The normalized spacial score (nSPS) is 17.6. The molecular weight excluding hydrogens is 414 g/mol. The van der Waals surface area contributed by atoms with E-state index in [1.54, 1.807) is 6.07 Å². The lowest BCUT2D eigenvalue weighted by Gasteiger charge is -2.37. The third-order valence-corrected chi connectivity index (χ3v) is 6.80. The Balaban J connectivity index is 2.41. The number of benzene rings is 1. The van der Waals surface area contributed by atoms with Gasteiger partial charge in [-0.2, -0.15) is 4.72 Å². The molecule has 0 atom stereocenters. The fourth-order valence-electron chi connectivity index (χ4n) is 2.04. The standard InChI is InChI=1S/C12H13Br2NO4S/c1-7-5-9(14)10(6-8(7)13)20(18,19)15-12(11(16)17)3-2-4-12/h5-6,15H,2-4H2,1H3,(H,16,17). The maximum absolute atomic E-state index is 12.4. The van der Waals surface area contributed by atoms with Gasteiger partial charge in [-0.15, -0.1) is 0 Å². The second kappa shape index (κ2) is 5.40. The molecule has 110 valence electrons. The van der Waals surface area contributed by atoms with Crippen LogP contribution in [0.5, 0.6) is 0 Å². The Hall–Kier alpha value is -0.440. The van der Waals surface area contributed by atoms with Crippen molar-refractivity contribution in [1.82, 2.24) is 4.72 Å². The zero-order chi connectivity index (χ0) is 15.1. The number of hydrogen-bond acceptors (Lipinski definition) is 3. The molecule has 0 heterocycles. The maximum atomic E-state index is 12.4. The van der Waals surface area contributed by atoms with Gasteiger partial charge in [-0.1, -0.05) is 15.9 Å². The lowest BCUT2D eigenvalue weighted by atomic mass is 9.78. The van der Waals surface area contributed by atoms with Crippen LogP contribution in [0.25, 0.3) is 0 Å². The predicted octanol–water partition coefficient (Wildman–Crippen LogP) is 2.81. The topological polar surface area (TPSA) is 83.5 Å². The first kappa shape index (κ1) is 15.9. The number of nitrogens with one attached hydrogen (secondary N) is 1. The molecule has 1 aliphatic rings. The van der Waals surface area contributed by atoms with Gasteiger partial charge >= 0.3 is 5.97 Å². The Labute approximate surface area is 134 Å². The van der Waals surface area contributed by atoms with E-state index in [-0.39, 0.29) is 4.90 Å². The maximum Gasteiger partial charge on any atom is 0.324 e. The quantitative estimate of drug-likeness (QED) is 0.775. The highest BCUT2D eigenvalue weighted by Gasteiger charge is 2.47. The SMILES string of the molecule is Cc1cc(Br)c(S(=O)(=O)NC2(C(=O)O)CCC2)cc1Br. The summed E-state index contributed by atoms with van der Waals surface area (Å²) in [5, 5.41) is 9.21. The highest BCUT2D eigenvalue weighted by molar-refractivity contribution is 9.11. The van der Waals surface area contributed by atoms with Crippen molar-refractivity contribution in [2.75, 3.05) is 0 Å². The zero-order valence-corrected chi connectivity index (χ0v) is 14.6. The van der Waals surface area contributed by atoms with Crippen molar-refractivity contribution in [1.29, 1.82) is 0 Å². The van der Waals surface area contributed by atoms with Gasteiger partial charge in [0, 0.05) is 8.95 Å². The fourth-order valence-corrected chi connectivity index (χ4v) is 5.13. The molecule has 5 nitrogen and oxygen atoms in total. The molecular formula is C12H13Br2NO4S. The summed E-state index contributed by atoms with van der Waals surface area (Å²) in [6, 6.07) is 3.14. The van der Waals surface area contributed by atoms with E-state index in [0.29, 0.717) is 28.2 Å². The van der Waals surface area contributed by atoms with E-state index in [9.17, 15) is 18.3 Å². The van der Waals surface area contributed by atoms with E-state index in [2.05, 4.69) is 36.6 Å². The van der Waals surface area contributed by atoms with Crippen molar-refractivity contribution in [2.24, 2.45) is 0 Å². The third kappa shape index (κ3) is 2.79. The predicted molar refractivity (Wildman–Crippen MR) is 81.1 cm³/mol. The molecule has 0 aromatic heterocycles. The number of carbonyl (C=O) groups is 1. The smallest absolute Gasteiger partial charge is 0.324 e. The number of halogens is 2. The second-order valence-corrected chi connectivity index (χ2v) is 8.24. The Kier molecular flexibility index (Phi) is 4.30. The van der Waals surface area contributed by atoms with Crippen molar-refractivity contribution in [3.05, 3.63) is 26.6 Å². The molecule has 0 bridgehead atoms. The molecule has 0 unspecified atom stereocenters. The number of carboxylic acids is 1. The van der Waals surface area contributed by atoms with Crippen molar-refractivity contribution >= 4 is 47.9 Å². The van der Waals surface area contributed by atoms with Crippen LogP contribution in [0.1, 0.15) is 24.8 Å². The van der Waals surface area contributed by atoms with Crippen molar-refractivity contribution in [3.63, 3.8) is 0 Å². The van der Waals surface area contributed by atoms with E-state index in [1.165, 1.54) is 6.07 Å². The van der Waals surface area contributed by atoms with Crippen LogP contribution in [0.3, 0.4) is 0 Å². The summed E-state index contributed by atoms with van der Waals surface area (Å²) >= 11 is 6.50. The van der Waals surface area contributed by atoms with Crippen LogP contribution in [0.15, 0.2) is 26.0 Å². The van der Waals surface area contributed by atoms with Gasteiger partial charge in [0.25, 0.3) is 0 Å². The fraction of sp³-hybridized carbons (Fsp3) is 0.417. The highest BCUT2D eigenvalue weighted by atomic mass is 79.9. The van der Waals surface area contributed by atoms with Crippen molar-refractivity contribution < 1.29 is 18.3 Å². The third-order valence-electron chi connectivity index (χ3n) is 3.45.